The highest BCUT2D eigenvalue weighted by molar-refractivity contribution is 5.82. The number of fused-ring (bicyclic) bond motifs is 1. The summed E-state index contributed by atoms with van der Waals surface area (Å²) in [7, 11) is 0. The van der Waals surface area contributed by atoms with Crippen LogP contribution in [0.25, 0.3) is 10.8 Å². The minimum absolute atomic E-state index is 0. The minimum atomic E-state index is 0. The van der Waals surface area contributed by atoms with Gasteiger partial charge in [0.05, 0.1) is 0 Å². The molecule has 0 bridgehead atoms. The SMILES string of the molecule is C=C(NCC)[C@H](C)Cc1ccc2ccccc2c1.[HH]. The summed E-state index contributed by atoms with van der Waals surface area (Å²) in [4.78, 5) is 0. The molecule has 1 nitrogen and oxygen atoms in total. The van der Waals surface area contributed by atoms with Crippen LogP contribution < -0.4 is 5.32 Å². The van der Waals surface area contributed by atoms with E-state index in [0.717, 1.165) is 18.7 Å². The zero-order chi connectivity index (χ0) is 13.0. The molecule has 0 aliphatic rings. The first-order valence-electron chi connectivity index (χ1n) is 6.61. The van der Waals surface area contributed by atoms with Crippen molar-refractivity contribution in [1.82, 2.24) is 5.32 Å². The second kappa shape index (κ2) is 5.72. The lowest BCUT2D eigenvalue weighted by molar-refractivity contribution is 0.614. The second-order valence-electron chi connectivity index (χ2n) is 4.84. The highest BCUT2D eigenvalue weighted by Gasteiger charge is 2.07. The Hall–Kier alpha value is -1.76. The summed E-state index contributed by atoms with van der Waals surface area (Å²) in [5, 5.41) is 5.93. The first-order valence-corrected chi connectivity index (χ1v) is 6.61. The van der Waals surface area contributed by atoms with E-state index in [1.54, 1.807) is 0 Å². The van der Waals surface area contributed by atoms with E-state index in [4.69, 9.17) is 0 Å². The first kappa shape index (κ1) is 12.7. The van der Waals surface area contributed by atoms with E-state index in [1.165, 1.54) is 16.3 Å². The molecule has 0 saturated heterocycles. The standard InChI is InChI=1S/C17H21N.H2/c1-4-18-14(3)13(2)11-15-9-10-16-7-5-6-8-17(16)12-15;/h5-10,12-13,18H,3-4,11H2,1-2H3;1H/t13-;/m1./s1. The zero-order valence-electron chi connectivity index (χ0n) is 11.2. The van der Waals surface area contributed by atoms with E-state index >= 15 is 0 Å². The van der Waals surface area contributed by atoms with Crippen LogP contribution >= 0.6 is 0 Å². The smallest absolute Gasteiger partial charge is 0.0115 e. The molecule has 0 radical (unpaired) electrons. The predicted octanol–water partition coefficient (Wildman–Crippen LogP) is 4.39. The average Bonchev–Trinajstić information content (AvgIpc) is 2.39. The van der Waals surface area contributed by atoms with Gasteiger partial charge in [0, 0.05) is 13.7 Å². The molecular formula is C17H23N. The first-order chi connectivity index (χ1) is 8.70. The number of benzene rings is 2. The maximum Gasteiger partial charge on any atom is 0.0115 e. The third-order valence-corrected chi connectivity index (χ3v) is 3.35. The van der Waals surface area contributed by atoms with Crippen molar-refractivity contribution >= 4 is 10.8 Å². The number of hydrogen-bond donors (Lipinski definition) is 1. The number of allylic oxidation sites excluding steroid dienone is 1. The van der Waals surface area contributed by atoms with Gasteiger partial charge in [-0.05, 0) is 35.6 Å². The number of rotatable bonds is 5. The molecule has 0 heterocycles. The van der Waals surface area contributed by atoms with Crippen molar-refractivity contribution in [3.8, 4) is 0 Å². The van der Waals surface area contributed by atoms with Crippen molar-refractivity contribution in [3.63, 3.8) is 0 Å². The molecule has 1 N–H and O–H groups in total. The molecule has 0 saturated carbocycles. The average molecular weight is 241 g/mol. The fourth-order valence-corrected chi connectivity index (χ4v) is 2.24. The molecule has 2 aromatic carbocycles. The van der Waals surface area contributed by atoms with Gasteiger partial charge in [0.15, 0.2) is 0 Å². The Labute approximate surface area is 111 Å². The fraction of sp³-hybridized carbons (Fsp3) is 0.294. The van der Waals surface area contributed by atoms with E-state index in [1.807, 2.05) is 0 Å². The van der Waals surface area contributed by atoms with Crippen LogP contribution in [-0.2, 0) is 6.42 Å². The lowest BCUT2D eigenvalue weighted by Gasteiger charge is -2.16. The van der Waals surface area contributed by atoms with E-state index in [2.05, 4.69) is 68.2 Å². The molecule has 1 heteroatoms. The molecular weight excluding hydrogens is 218 g/mol. The lowest BCUT2D eigenvalue weighted by Crippen LogP contribution is -2.18. The van der Waals surface area contributed by atoms with Crippen LogP contribution in [0.5, 0.6) is 0 Å². The van der Waals surface area contributed by atoms with E-state index in [0.29, 0.717) is 5.92 Å². The number of nitrogens with one attached hydrogen (secondary N) is 1. The van der Waals surface area contributed by atoms with Gasteiger partial charge >= 0.3 is 0 Å². The molecule has 1 atom stereocenters. The summed E-state index contributed by atoms with van der Waals surface area (Å²) < 4.78 is 0. The van der Waals surface area contributed by atoms with Gasteiger partial charge in [0.25, 0.3) is 0 Å². The number of hydrogen-bond acceptors (Lipinski definition) is 1. The molecule has 0 aromatic heterocycles. The Morgan fingerprint density at radius 3 is 2.67 bits per heavy atom. The van der Waals surface area contributed by atoms with Gasteiger partial charge in [-0.1, -0.05) is 56.0 Å². The molecule has 18 heavy (non-hydrogen) atoms. The summed E-state index contributed by atoms with van der Waals surface area (Å²) in [6.07, 6.45) is 1.04. The third kappa shape index (κ3) is 2.92. The minimum Gasteiger partial charge on any atom is -0.389 e. The highest BCUT2D eigenvalue weighted by atomic mass is 14.9. The normalized spacial score (nSPS) is 12.3. The van der Waals surface area contributed by atoms with Crippen LogP contribution in [0.15, 0.2) is 54.7 Å². The monoisotopic (exact) mass is 241 g/mol. The maximum absolute atomic E-state index is 4.09. The Balaban J connectivity index is 0.00000180. The molecule has 0 aliphatic heterocycles. The fourth-order valence-electron chi connectivity index (χ4n) is 2.24. The van der Waals surface area contributed by atoms with Crippen LogP contribution in [0.1, 0.15) is 20.8 Å². The molecule has 2 rings (SSSR count). The van der Waals surface area contributed by atoms with Gasteiger partial charge in [-0.15, -0.1) is 0 Å². The molecule has 0 fully saturated rings. The Kier molecular flexibility index (Phi) is 4.03. The van der Waals surface area contributed by atoms with Gasteiger partial charge < -0.3 is 5.32 Å². The summed E-state index contributed by atoms with van der Waals surface area (Å²) >= 11 is 0. The quantitative estimate of drug-likeness (QED) is 0.818. The van der Waals surface area contributed by atoms with Gasteiger partial charge in [-0.3, -0.25) is 0 Å². The molecule has 96 valence electrons. The van der Waals surface area contributed by atoms with Crippen LogP contribution in [0, 0.1) is 5.92 Å². The third-order valence-electron chi connectivity index (χ3n) is 3.35. The summed E-state index contributed by atoms with van der Waals surface area (Å²) in [5.74, 6) is 0.464. The van der Waals surface area contributed by atoms with Crippen molar-refractivity contribution in [2.75, 3.05) is 6.54 Å². The van der Waals surface area contributed by atoms with Crippen molar-refractivity contribution < 1.29 is 1.43 Å². The van der Waals surface area contributed by atoms with Crippen LogP contribution in [0.2, 0.25) is 0 Å². The van der Waals surface area contributed by atoms with E-state index in [9.17, 15) is 0 Å². The lowest BCUT2D eigenvalue weighted by atomic mass is 9.96. The van der Waals surface area contributed by atoms with Gasteiger partial charge in [-0.2, -0.15) is 0 Å². The largest absolute Gasteiger partial charge is 0.389 e. The van der Waals surface area contributed by atoms with Gasteiger partial charge in [-0.25, -0.2) is 0 Å². The summed E-state index contributed by atoms with van der Waals surface area (Å²) in [5.41, 5.74) is 2.51. The van der Waals surface area contributed by atoms with E-state index in [-0.39, 0.29) is 1.43 Å². The van der Waals surface area contributed by atoms with Crippen molar-refractivity contribution in [2.24, 2.45) is 5.92 Å². The molecule has 0 amide bonds. The Morgan fingerprint density at radius 2 is 1.94 bits per heavy atom. The summed E-state index contributed by atoms with van der Waals surface area (Å²) in [6.45, 7) is 9.36. The zero-order valence-corrected chi connectivity index (χ0v) is 11.2. The molecule has 0 unspecified atom stereocenters. The van der Waals surface area contributed by atoms with Crippen LogP contribution in [-0.4, -0.2) is 6.54 Å². The summed E-state index contributed by atoms with van der Waals surface area (Å²) in [6, 6.07) is 15.2. The van der Waals surface area contributed by atoms with Crippen molar-refractivity contribution in [3.05, 3.63) is 60.3 Å². The second-order valence-corrected chi connectivity index (χ2v) is 4.84. The van der Waals surface area contributed by atoms with Crippen molar-refractivity contribution in [1.29, 1.82) is 0 Å². The van der Waals surface area contributed by atoms with Crippen molar-refractivity contribution in [2.45, 2.75) is 20.3 Å². The molecule has 0 spiro atoms. The molecule has 0 aliphatic carbocycles. The Morgan fingerprint density at radius 1 is 1.22 bits per heavy atom. The van der Waals surface area contributed by atoms with E-state index < -0.39 is 0 Å². The van der Waals surface area contributed by atoms with Gasteiger partial charge in [0.1, 0.15) is 0 Å². The topological polar surface area (TPSA) is 12.0 Å². The molecule has 2 aromatic rings. The van der Waals surface area contributed by atoms with Crippen LogP contribution in [0.4, 0.5) is 0 Å². The highest BCUT2D eigenvalue weighted by Crippen LogP contribution is 2.19. The Bertz CT molecular complexity index is 548. The van der Waals surface area contributed by atoms with Crippen LogP contribution in [0.3, 0.4) is 0 Å². The predicted molar refractivity (Wildman–Crippen MR) is 81.7 cm³/mol. The maximum atomic E-state index is 4.09. The van der Waals surface area contributed by atoms with Gasteiger partial charge in [0.2, 0.25) is 0 Å².